The van der Waals surface area contributed by atoms with E-state index in [2.05, 4.69) is 15.2 Å². The van der Waals surface area contributed by atoms with Crippen LogP contribution in [-0.2, 0) is 11.2 Å². The first-order valence-corrected chi connectivity index (χ1v) is 7.64. The molecule has 19 heavy (non-hydrogen) atoms. The predicted octanol–water partition coefficient (Wildman–Crippen LogP) is 2.49. The van der Waals surface area contributed by atoms with Crippen molar-refractivity contribution < 1.29 is 4.79 Å². The van der Waals surface area contributed by atoms with Gasteiger partial charge >= 0.3 is 0 Å². The van der Waals surface area contributed by atoms with Crippen LogP contribution in [0.15, 0.2) is 5.16 Å². The van der Waals surface area contributed by atoms with Gasteiger partial charge < -0.3 is 4.90 Å². The van der Waals surface area contributed by atoms with Crippen molar-refractivity contribution >= 4 is 17.7 Å². The van der Waals surface area contributed by atoms with Crippen LogP contribution >= 0.6 is 11.8 Å². The van der Waals surface area contributed by atoms with E-state index in [1.807, 2.05) is 46.4 Å². The molecule has 0 aliphatic carbocycles. The Morgan fingerprint density at radius 2 is 1.84 bits per heavy atom. The van der Waals surface area contributed by atoms with Crippen molar-refractivity contribution in [1.82, 2.24) is 20.1 Å². The fourth-order valence-corrected chi connectivity index (χ4v) is 2.81. The number of hydrogen-bond acceptors (Lipinski definition) is 4. The molecular formula is C13H24N4OS. The van der Waals surface area contributed by atoms with E-state index in [4.69, 9.17) is 0 Å². The molecule has 0 aromatic carbocycles. The van der Waals surface area contributed by atoms with Crippen LogP contribution in [0.2, 0.25) is 0 Å². The molecule has 1 N–H and O–H groups in total. The second kappa shape index (κ2) is 6.93. The summed E-state index contributed by atoms with van der Waals surface area (Å²) in [5.74, 6) is 0.990. The minimum Gasteiger partial charge on any atom is -0.337 e. The van der Waals surface area contributed by atoms with E-state index in [-0.39, 0.29) is 23.2 Å². The van der Waals surface area contributed by atoms with Crippen molar-refractivity contribution in [2.24, 2.45) is 0 Å². The average Bonchev–Trinajstić information content (AvgIpc) is 2.75. The van der Waals surface area contributed by atoms with E-state index in [0.717, 1.165) is 12.2 Å². The van der Waals surface area contributed by atoms with Gasteiger partial charge in [0.25, 0.3) is 0 Å². The second-order valence-electron chi connectivity index (χ2n) is 5.11. The van der Waals surface area contributed by atoms with E-state index in [1.165, 1.54) is 11.8 Å². The van der Waals surface area contributed by atoms with Crippen LogP contribution in [0, 0.1) is 0 Å². The highest BCUT2D eigenvalue weighted by molar-refractivity contribution is 8.00. The van der Waals surface area contributed by atoms with E-state index < -0.39 is 0 Å². The smallest absolute Gasteiger partial charge is 0.236 e. The predicted molar refractivity (Wildman–Crippen MR) is 78.2 cm³/mol. The summed E-state index contributed by atoms with van der Waals surface area (Å²) in [6.45, 7) is 12.1. The number of thioether (sulfide) groups is 1. The highest BCUT2D eigenvalue weighted by atomic mass is 32.2. The molecule has 0 aliphatic rings. The molecule has 108 valence electrons. The number of hydrogen-bond donors (Lipinski definition) is 1. The zero-order valence-electron chi connectivity index (χ0n) is 12.6. The van der Waals surface area contributed by atoms with Crippen molar-refractivity contribution in [3.8, 4) is 0 Å². The topological polar surface area (TPSA) is 61.9 Å². The maximum Gasteiger partial charge on any atom is 0.236 e. The van der Waals surface area contributed by atoms with Crippen LogP contribution in [0.4, 0.5) is 0 Å². The van der Waals surface area contributed by atoms with Gasteiger partial charge in [-0.2, -0.15) is 0 Å². The Bertz CT molecular complexity index is 409. The molecule has 1 rings (SSSR count). The molecule has 1 aromatic rings. The molecule has 1 atom stereocenters. The fourth-order valence-electron chi connectivity index (χ4n) is 2.01. The number of H-pyrrole nitrogens is 1. The molecule has 1 amide bonds. The summed E-state index contributed by atoms with van der Waals surface area (Å²) in [4.78, 5) is 18.7. The monoisotopic (exact) mass is 284 g/mol. The van der Waals surface area contributed by atoms with Crippen molar-refractivity contribution in [2.75, 3.05) is 0 Å². The number of aromatic amines is 1. The highest BCUT2D eigenvalue weighted by Gasteiger charge is 2.26. The molecule has 0 saturated heterocycles. The van der Waals surface area contributed by atoms with Crippen molar-refractivity contribution in [3.63, 3.8) is 0 Å². The molecule has 0 unspecified atom stereocenters. The average molecular weight is 284 g/mol. The lowest BCUT2D eigenvalue weighted by Gasteiger charge is -2.32. The Kier molecular flexibility index (Phi) is 5.85. The minimum atomic E-state index is -0.176. The van der Waals surface area contributed by atoms with Crippen LogP contribution in [0.3, 0.4) is 0 Å². The van der Waals surface area contributed by atoms with Gasteiger partial charge in [0.2, 0.25) is 11.1 Å². The van der Waals surface area contributed by atoms with Gasteiger partial charge in [0.1, 0.15) is 5.82 Å². The third-order valence-corrected chi connectivity index (χ3v) is 3.79. The van der Waals surface area contributed by atoms with Crippen LogP contribution in [0.1, 0.15) is 47.4 Å². The number of amides is 1. The van der Waals surface area contributed by atoms with Crippen LogP contribution < -0.4 is 0 Å². The third-order valence-electron chi connectivity index (χ3n) is 2.84. The SMILES string of the molecule is CCc1nc(S[C@H](C)C(=O)N(C(C)C)C(C)C)n[nH]1. The minimum absolute atomic E-state index is 0.137. The Morgan fingerprint density at radius 3 is 2.26 bits per heavy atom. The fraction of sp³-hybridized carbons (Fsp3) is 0.769. The summed E-state index contributed by atoms with van der Waals surface area (Å²) >= 11 is 1.41. The van der Waals surface area contributed by atoms with Gasteiger partial charge in [-0.3, -0.25) is 9.89 Å². The summed E-state index contributed by atoms with van der Waals surface area (Å²) in [6.07, 6.45) is 0.819. The maximum atomic E-state index is 12.4. The zero-order chi connectivity index (χ0) is 14.6. The maximum absolute atomic E-state index is 12.4. The lowest BCUT2D eigenvalue weighted by Crippen LogP contribution is -2.45. The lowest BCUT2D eigenvalue weighted by atomic mass is 10.2. The van der Waals surface area contributed by atoms with Crippen molar-refractivity contribution in [2.45, 2.75) is 70.5 Å². The molecule has 0 radical (unpaired) electrons. The lowest BCUT2D eigenvalue weighted by molar-refractivity contribution is -0.133. The van der Waals surface area contributed by atoms with Gasteiger partial charge in [-0.15, -0.1) is 5.10 Å². The molecule has 1 aromatic heterocycles. The summed E-state index contributed by atoms with van der Waals surface area (Å²) in [5.41, 5.74) is 0. The number of aromatic nitrogens is 3. The van der Waals surface area contributed by atoms with Crippen LogP contribution in [-0.4, -0.2) is 43.3 Å². The normalized spacial score (nSPS) is 13.1. The van der Waals surface area contributed by atoms with Crippen LogP contribution in [0.25, 0.3) is 0 Å². The number of nitrogens with one attached hydrogen (secondary N) is 1. The zero-order valence-corrected chi connectivity index (χ0v) is 13.4. The van der Waals surface area contributed by atoms with Gasteiger partial charge in [0.05, 0.1) is 5.25 Å². The molecule has 0 saturated carbocycles. The molecular weight excluding hydrogens is 260 g/mol. The summed E-state index contributed by atoms with van der Waals surface area (Å²) in [5, 5.41) is 7.45. The number of carbonyl (C=O) groups excluding carboxylic acids is 1. The number of rotatable bonds is 6. The third kappa shape index (κ3) is 4.23. The van der Waals surface area contributed by atoms with Gasteiger partial charge in [0.15, 0.2) is 0 Å². The first kappa shape index (κ1) is 16.0. The van der Waals surface area contributed by atoms with E-state index in [0.29, 0.717) is 5.16 Å². The first-order chi connectivity index (χ1) is 8.86. The van der Waals surface area contributed by atoms with E-state index >= 15 is 0 Å². The van der Waals surface area contributed by atoms with Gasteiger partial charge in [-0.25, -0.2) is 4.98 Å². The summed E-state index contributed by atoms with van der Waals surface area (Å²) < 4.78 is 0. The van der Waals surface area contributed by atoms with Crippen molar-refractivity contribution in [1.29, 1.82) is 0 Å². The Morgan fingerprint density at radius 1 is 1.26 bits per heavy atom. The number of aryl methyl sites for hydroxylation is 1. The number of nitrogens with zero attached hydrogens (tertiary/aromatic N) is 3. The van der Waals surface area contributed by atoms with Crippen LogP contribution in [0.5, 0.6) is 0 Å². The Balaban J connectivity index is 2.70. The first-order valence-electron chi connectivity index (χ1n) is 6.76. The molecule has 0 spiro atoms. The molecule has 0 fully saturated rings. The highest BCUT2D eigenvalue weighted by Crippen LogP contribution is 2.22. The Labute approximate surface area is 119 Å². The van der Waals surface area contributed by atoms with Gasteiger partial charge in [-0.1, -0.05) is 18.7 Å². The number of carbonyl (C=O) groups is 1. The van der Waals surface area contributed by atoms with E-state index in [1.54, 1.807) is 0 Å². The molecule has 0 bridgehead atoms. The second-order valence-corrected chi connectivity index (χ2v) is 6.42. The standard InChI is InChI=1S/C13H24N4OS/c1-7-11-14-13(16-15-11)19-10(6)12(18)17(8(2)3)9(4)5/h8-10H,7H2,1-6H3,(H,14,15,16)/t10-/m1/s1. The van der Waals surface area contributed by atoms with Gasteiger partial charge in [-0.05, 0) is 34.6 Å². The largest absolute Gasteiger partial charge is 0.337 e. The molecule has 1 heterocycles. The summed E-state index contributed by atoms with van der Waals surface area (Å²) in [6, 6.07) is 0.405. The quantitative estimate of drug-likeness (QED) is 0.815. The molecule has 0 aliphatic heterocycles. The molecule has 5 nitrogen and oxygen atoms in total. The summed E-state index contributed by atoms with van der Waals surface area (Å²) in [7, 11) is 0. The van der Waals surface area contributed by atoms with Gasteiger partial charge in [0, 0.05) is 18.5 Å². The van der Waals surface area contributed by atoms with E-state index in [9.17, 15) is 4.79 Å². The Hall–Kier alpha value is -1.04. The molecule has 6 heteroatoms. The van der Waals surface area contributed by atoms with Crippen molar-refractivity contribution in [3.05, 3.63) is 5.82 Å².